The van der Waals surface area contributed by atoms with Gasteiger partial charge in [-0.1, -0.05) is 66.7 Å². The van der Waals surface area contributed by atoms with Gasteiger partial charge in [-0.3, -0.25) is 4.90 Å². The summed E-state index contributed by atoms with van der Waals surface area (Å²) in [4.78, 5) is 2.33. The van der Waals surface area contributed by atoms with E-state index < -0.39 is 6.10 Å². The first-order valence-electron chi connectivity index (χ1n) is 12.1. The number of aliphatic hydroxyl groups is 1. The molecular weight excluding hydrogens is 441 g/mol. The summed E-state index contributed by atoms with van der Waals surface area (Å²) in [7, 11) is 1.84. The Morgan fingerprint density at radius 3 is 2.43 bits per heavy atom. The zero-order valence-electron chi connectivity index (χ0n) is 19.8. The van der Waals surface area contributed by atoms with Gasteiger partial charge in [0.1, 0.15) is 17.3 Å². The van der Waals surface area contributed by atoms with Crippen molar-refractivity contribution in [2.75, 3.05) is 6.54 Å². The fourth-order valence-electron chi connectivity index (χ4n) is 4.50. The maximum Gasteiger partial charge on any atom is 0.222 e. The first-order chi connectivity index (χ1) is 17.1. The van der Waals surface area contributed by atoms with Gasteiger partial charge in [-0.25, -0.2) is 9.07 Å². The van der Waals surface area contributed by atoms with Crippen molar-refractivity contribution in [3.63, 3.8) is 0 Å². The van der Waals surface area contributed by atoms with Crippen molar-refractivity contribution >= 4 is 0 Å². The molecule has 35 heavy (non-hydrogen) atoms. The third-order valence-electron chi connectivity index (χ3n) is 6.33. The van der Waals surface area contributed by atoms with Crippen molar-refractivity contribution in [2.24, 2.45) is 7.05 Å². The second-order valence-electron chi connectivity index (χ2n) is 9.19. The highest BCUT2D eigenvalue weighted by atomic mass is 19.1. The van der Waals surface area contributed by atoms with E-state index in [1.807, 2.05) is 67.7 Å². The van der Waals surface area contributed by atoms with Crippen molar-refractivity contribution in [2.45, 2.75) is 38.0 Å². The molecule has 1 N–H and O–H groups in total. The van der Waals surface area contributed by atoms with Crippen LogP contribution in [0.2, 0.25) is 0 Å². The van der Waals surface area contributed by atoms with Crippen LogP contribution in [0, 0.1) is 5.82 Å². The summed E-state index contributed by atoms with van der Waals surface area (Å²) in [6.45, 7) is 1.14. The van der Waals surface area contributed by atoms with E-state index in [0.29, 0.717) is 37.2 Å². The van der Waals surface area contributed by atoms with Crippen LogP contribution in [0.1, 0.15) is 24.0 Å². The number of ether oxygens (including phenoxy) is 1. The fourth-order valence-corrected chi connectivity index (χ4v) is 4.50. The first kappa shape index (κ1) is 23.3. The Morgan fingerprint density at radius 2 is 1.74 bits per heavy atom. The topological polar surface area (TPSA) is 50.5 Å². The lowest BCUT2D eigenvalue weighted by molar-refractivity contribution is 0.104. The molecule has 3 aromatic carbocycles. The number of aromatic nitrogens is 2. The number of hydrogen-bond donors (Lipinski definition) is 1. The van der Waals surface area contributed by atoms with Crippen LogP contribution in [0.15, 0.2) is 84.9 Å². The summed E-state index contributed by atoms with van der Waals surface area (Å²) in [6.07, 6.45) is 2.34. The summed E-state index contributed by atoms with van der Waals surface area (Å²) in [5.41, 5.74) is 3.88. The van der Waals surface area contributed by atoms with Crippen molar-refractivity contribution in [3.05, 3.63) is 102 Å². The van der Waals surface area contributed by atoms with Crippen LogP contribution in [-0.4, -0.2) is 38.5 Å². The molecule has 0 saturated heterocycles. The molecule has 1 heterocycles. The minimum Gasteiger partial charge on any atom is -0.439 e. The Bertz CT molecular complexity index is 1260. The average Bonchev–Trinajstić information content (AvgIpc) is 3.66. The SMILES string of the molecule is Cn1nc(-c2ccccc2)c(CN(CC(O)Cc2ccccc2)C2CC2)c1Oc1cccc(F)c1. The number of rotatable bonds is 10. The highest BCUT2D eigenvalue weighted by Crippen LogP contribution is 2.37. The lowest BCUT2D eigenvalue weighted by atomic mass is 10.1. The van der Waals surface area contributed by atoms with Crippen molar-refractivity contribution in [1.29, 1.82) is 0 Å². The van der Waals surface area contributed by atoms with Crippen LogP contribution in [0.3, 0.4) is 0 Å². The molecule has 5 nitrogen and oxygen atoms in total. The number of benzene rings is 3. The van der Waals surface area contributed by atoms with Crippen LogP contribution in [-0.2, 0) is 20.0 Å². The number of hydrogen-bond acceptors (Lipinski definition) is 4. The second kappa shape index (κ2) is 10.4. The molecular formula is C29H30FN3O2. The largest absolute Gasteiger partial charge is 0.439 e. The van der Waals surface area contributed by atoms with Crippen LogP contribution >= 0.6 is 0 Å². The second-order valence-corrected chi connectivity index (χ2v) is 9.19. The molecule has 0 amide bonds. The van der Waals surface area contributed by atoms with Crippen molar-refractivity contribution < 1.29 is 14.2 Å². The Morgan fingerprint density at radius 1 is 1.03 bits per heavy atom. The highest BCUT2D eigenvalue weighted by molar-refractivity contribution is 5.65. The molecule has 1 unspecified atom stereocenters. The van der Waals surface area contributed by atoms with E-state index >= 15 is 0 Å². The molecule has 1 fully saturated rings. The Labute approximate surface area is 205 Å². The molecule has 4 aromatic rings. The molecule has 1 aliphatic carbocycles. The average molecular weight is 472 g/mol. The molecule has 180 valence electrons. The Kier molecular flexibility index (Phi) is 6.93. The summed E-state index contributed by atoms with van der Waals surface area (Å²) in [6, 6.07) is 26.7. The highest BCUT2D eigenvalue weighted by Gasteiger charge is 2.33. The van der Waals surface area contributed by atoms with Crippen LogP contribution in [0.25, 0.3) is 11.3 Å². The van der Waals surface area contributed by atoms with Gasteiger partial charge in [0.15, 0.2) is 0 Å². The molecule has 1 atom stereocenters. The van der Waals surface area contributed by atoms with Gasteiger partial charge >= 0.3 is 0 Å². The number of halogens is 1. The van der Waals surface area contributed by atoms with Gasteiger partial charge < -0.3 is 9.84 Å². The summed E-state index contributed by atoms with van der Waals surface area (Å²) < 4.78 is 21.8. The van der Waals surface area contributed by atoms with Crippen molar-refractivity contribution in [3.8, 4) is 22.9 Å². The van der Waals surface area contributed by atoms with E-state index in [-0.39, 0.29) is 5.82 Å². The third kappa shape index (κ3) is 5.78. The molecule has 1 aromatic heterocycles. The molecule has 1 saturated carbocycles. The third-order valence-corrected chi connectivity index (χ3v) is 6.33. The molecule has 0 spiro atoms. The van der Waals surface area contributed by atoms with E-state index in [4.69, 9.17) is 9.84 Å². The predicted octanol–water partition coefficient (Wildman–Crippen LogP) is 5.59. The molecule has 6 heteroatoms. The minimum absolute atomic E-state index is 0.349. The number of aryl methyl sites for hydroxylation is 1. The summed E-state index contributed by atoms with van der Waals surface area (Å²) in [5, 5.41) is 15.7. The van der Waals surface area contributed by atoms with E-state index in [2.05, 4.69) is 4.90 Å². The van der Waals surface area contributed by atoms with Gasteiger partial charge in [0.2, 0.25) is 5.88 Å². The first-order valence-corrected chi connectivity index (χ1v) is 12.1. The lowest BCUT2D eigenvalue weighted by Crippen LogP contribution is -2.35. The number of nitrogens with zero attached hydrogens (tertiary/aromatic N) is 3. The van der Waals surface area contributed by atoms with E-state index in [0.717, 1.165) is 35.2 Å². The predicted molar refractivity (Wildman–Crippen MR) is 135 cm³/mol. The molecule has 0 aliphatic heterocycles. The van der Waals surface area contributed by atoms with Gasteiger partial charge in [0.05, 0.1) is 11.7 Å². The zero-order valence-corrected chi connectivity index (χ0v) is 19.8. The van der Waals surface area contributed by atoms with Crippen LogP contribution in [0.4, 0.5) is 4.39 Å². The summed E-state index contributed by atoms with van der Waals surface area (Å²) in [5.74, 6) is 0.659. The lowest BCUT2D eigenvalue weighted by Gasteiger charge is -2.25. The van der Waals surface area contributed by atoms with Gasteiger partial charge in [0.25, 0.3) is 0 Å². The standard InChI is InChI=1S/C29H30FN3O2/c1-32-29(35-26-14-8-13-23(30)18-26)27(28(31-32)22-11-6-3-7-12-22)20-33(24-15-16-24)19-25(34)17-21-9-4-2-5-10-21/h2-14,18,24-25,34H,15-17,19-20H2,1H3. The van der Waals surface area contributed by atoms with E-state index in [1.165, 1.54) is 12.1 Å². The molecule has 5 rings (SSSR count). The molecule has 1 aliphatic rings. The smallest absolute Gasteiger partial charge is 0.222 e. The van der Waals surface area contributed by atoms with Crippen LogP contribution in [0.5, 0.6) is 11.6 Å². The zero-order chi connectivity index (χ0) is 24.2. The van der Waals surface area contributed by atoms with Gasteiger partial charge in [-0.15, -0.1) is 0 Å². The molecule has 0 radical (unpaired) electrons. The Hall–Kier alpha value is -3.48. The maximum atomic E-state index is 13.8. The van der Waals surface area contributed by atoms with Gasteiger partial charge in [0, 0.05) is 37.8 Å². The number of aliphatic hydroxyl groups excluding tert-OH is 1. The minimum atomic E-state index is -0.484. The van der Waals surface area contributed by atoms with Gasteiger partial charge in [-0.2, -0.15) is 5.10 Å². The molecule has 0 bridgehead atoms. The summed E-state index contributed by atoms with van der Waals surface area (Å²) >= 11 is 0. The van der Waals surface area contributed by atoms with Crippen LogP contribution < -0.4 is 4.74 Å². The Balaban J connectivity index is 1.45. The van der Waals surface area contributed by atoms with E-state index in [1.54, 1.807) is 16.8 Å². The maximum absolute atomic E-state index is 13.8. The fraction of sp³-hybridized carbons (Fsp3) is 0.276. The van der Waals surface area contributed by atoms with Gasteiger partial charge in [-0.05, 0) is 37.0 Å². The monoisotopic (exact) mass is 471 g/mol. The van der Waals surface area contributed by atoms with E-state index in [9.17, 15) is 9.50 Å². The van der Waals surface area contributed by atoms with Crippen molar-refractivity contribution in [1.82, 2.24) is 14.7 Å². The quantitative estimate of drug-likeness (QED) is 0.328. The normalized spacial score (nSPS) is 14.3.